The number of anilines is 2. The summed E-state index contributed by atoms with van der Waals surface area (Å²) in [6, 6.07) is 6.63. The zero-order chi connectivity index (χ0) is 19.3. The molecule has 0 saturated heterocycles. The highest BCUT2D eigenvalue weighted by Gasteiger charge is 2.17. The number of nitro benzene ring substituents is 1. The predicted molar refractivity (Wildman–Crippen MR) is 90.0 cm³/mol. The number of rotatable bonds is 6. The minimum atomic E-state index is -1.12. The number of halogens is 2. The van der Waals surface area contributed by atoms with E-state index in [0.29, 0.717) is 0 Å². The van der Waals surface area contributed by atoms with E-state index in [1.165, 1.54) is 19.2 Å². The van der Waals surface area contributed by atoms with Crippen LogP contribution in [0.25, 0.3) is 0 Å². The van der Waals surface area contributed by atoms with Gasteiger partial charge in [-0.25, -0.2) is 8.78 Å². The van der Waals surface area contributed by atoms with Crippen molar-refractivity contribution >= 4 is 28.9 Å². The lowest BCUT2D eigenvalue weighted by atomic mass is 10.1. The zero-order valence-corrected chi connectivity index (χ0v) is 13.5. The van der Waals surface area contributed by atoms with Crippen LogP contribution in [-0.2, 0) is 4.79 Å². The van der Waals surface area contributed by atoms with Crippen molar-refractivity contribution in [3.63, 3.8) is 0 Å². The Morgan fingerprint density at radius 3 is 2.46 bits per heavy atom. The highest BCUT2D eigenvalue weighted by molar-refractivity contribution is 6.00. The molecule has 0 aliphatic rings. The van der Waals surface area contributed by atoms with Crippen LogP contribution in [0.4, 0.5) is 25.8 Å². The molecular weight excluding hydrogens is 350 g/mol. The van der Waals surface area contributed by atoms with Gasteiger partial charge in [-0.15, -0.1) is 0 Å². The van der Waals surface area contributed by atoms with Gasteiger partial charge in [-0.1, -0.05) is 0 Å². The van der Waals surface area contributed by atoms with E-state index in [1.54, 1.807) is 0 Å². The minimum absolute atomic E-state index is 0.00340. The second-order valence-corrected chi connectivity index (χ2v) is 5.10. The molecule has 0 spiro atoms. The maximum Gasteiger partial charge on any atom is 0.293 e. The smallest absolute Gasteiger partial charge is 0.293 e. The van der Waals surface area contributed by atoms with Crippen molar-refractivity contribution in [2.45, 2.75) is 0 Å². The van der Waals surface area contributed by atoms with Crippen LogP contribution >= 0.6 is 0 Å². The molecule has 0 aliphatic heterocycles. The molecule has 2 aromatic rings. The molecule has 0 bridgehead atoms. The Balaban J connectivity index is 1.99. The summed E-state index contributed by atoms with van der Waals surface area (Å²) in [6.45, 7) is -0.459. The highest BCUT2D eigenvalue weighted by atomic mass is 19.2. The van der Waals surface area contributed by atoms with Gasteiger partial charge >= 0.3 is 0 Å². The lowest BCUT2D eigenvalue weighted by Gasteiger charge is -2.08. The lowest BCUT2D eigenvalue weighted by molar-refractivity contribution is -0.384. The number of nitrogens with one attached hydrogen (secondary N) is 3. The van der Waals surface area contributed by atoms with Gasteiger partial charge < -0.3 is 16.0 Å². The van der Waals surface area contributed by atoms with Crippen molar-refractivity contribution in [1.29, 1.82) is 0 Å². The maximum atomic E-state index is 13.1. The van der Waals surface area contributed by atoms with Crippen LogP contribution in [0.2, 0.25) is 0 Å². The van der Waals surface area contributed by atoms with Crippen molar-refractivity contribution in [3.8, 4) is 0 Å². The Bertz CT molecular complexity index is 873. The van der Waals surface area contributed by atoms with Crippen LogP contribution in [0.3, 0.4) is 0 Å². The van der Waals surface area contributed by atoms with E-state index in [4.69, 9.17) is 0 Å². The van der Waals surface area contributed by atoms with Crippen molar-refractivity contribution in [3.05, 3.63) is 63.7 Å². The van der Waals surface area contributed by atoms with Gasteiger partial charge in [0, 0.05) is 30.4 Å². The summed E-state index contributed by atoms with van der Waals surface area (Å²) in [4.78, 5) is 34.1. The Morgan fingerprint density at radius 1 is 1.12 bits per heavy atom. The number of carbonyl (C=O) groups is 2. The molecule has 0 heterocycles. The first kappa shape index (κ1) is 18.8. The molecule has 0 saturated carbocycles. The first-order valence-corrected chi connectivity index (χ1v) is 7.31. The largest absolute Gasteiger partial charge is 0.383 e. The molecule has 0 radical (unpaired) electrons. The van der Waals surface area contributed by atoms with Crippen molar-refractivity contribution < 1.29 is 23.3 Å². The van der Waals surface area contributed by atoms with Gasteiger partial charge in [-0.05, 0) is 24.3 Å². The SMILES string of the molecule is CNc1ccc(C(=O)NCC(=O)Nc2ccc(F)c(F)c2)cc1[N+](=O)[O-]. The third-order valence-corrected chi connectivity index (χ3v) is 3.34. The predicted octanol–water partition coefficient (Wildman–Crippen LogP) is 2.28. The van der Waals surface area contributed by atoms with Gasteiger partial charge in [-0.3, -0.25) is 19.7 Å². The van der Waals surface area contributed by atoms with Crippen molar-refractivity contribution in [2.24, 2.45) is 0 Å². The zero-order valence-electron chi connectivity index (χ0n) is 13.5. The fourth-order valence-corrected chi connectivity index (χ4v) is 2.08. The molecule has 10 heteroatoms. The van der Waals surface area contributed by atoms with E-state index in [2.05, 4.69) is 16.0 Å². The minimum Gasteiger partial charge on any atom is -0.383 e. The molecular formula is C16H14F2N4O4. The fourth-order valence-electron chi connectivity index (χ4n) is 2.08. The molecule has 2 rings (SSSR count). The molecule has 0 atom stereocenters. The molecule has 8 nitrogen and oxygen atoms in total. The molecule has 26 heavy (non-hydrogen) atoms. The average Bonchev–Trinajstić information content (AvgIpc) is 2.62. The number of amides is 2. The molecule has 0 unspecified atom stereocenters. The first-order valence-electron chi connectivity index (χ1n) is 7.31. The van der Waals surface area contributed by atoms with Crippen LogP contribution in [-0.4, -0.2) is 30.3 Å². The van der Waals surface area contributed by atoms with Crippen LogP contribution in [0, 0.1) is 21.7 Å². The standard InChI is InChI=1S/C16H14F2N4O4/c1-19-13-5-2-9(6-14(13)22(25)26)16(24)20-8-15(23)21-10-3-4-11(17)12(18)7-10/h2-7,19H,8H2,1H3,(H,20,24)(H,21,23). The van der Waals surface area contributed by atoms with E-state index in [0.717, 1.165) is 24.3 Å². The van der Waals surface area contributed by atoms with Crippen molar-refractivity contribution in [2.75, 3.05) is 24.2 Å². The number of hydrogen-bond donors (Lipinski definition) is 3. The molecule has 3 N–H and O–H groups in total. The third kappa shape index (κ3) is 4.50. The van der Waals surface area contributed by atoms with Crippen LogP contribution < -0.4 is 16.0 Å². The summed E-state index contributed by atoms with van der Waals surface area (Å²) >= 11 is 0. The number of benzene rings is 2. The number of carbonyl (C=O) groups excluding carboxylic acids is 2. The van der Waals surface area contributed by atoms with Gasteiger partial charge in [0.25, 0.3) is 11.6 Å². The monoisotopic (exact) mass is 364 g/mol. The van der Waals surface area contributed by atoms with Gasteiger partial charge in [0.1, 0.15) is 5.69 Å². The number of nitro groups is 1. The number of hydrogen-bond acceptors (Lipinski definition) is 5. The summed E-state index contributed by atoms with van der Waals surface area (Å²) in [5.41, 5.74) is -0.0255. The summed E-state index contributed by atoms with van der Waals surface area (Å²) in [5.74, 6) is -3.55. The Morgan fingerprint density at radius 2 is 1.85 bits per heavy atom. The van der Waals surface area contributed by atoms with Crippen molar-refractivity contribution in [1.82, 2.24) is 5.32 Å². The summed E-state index contributed by atoms with van der Waals surface area (Å²) in [5, 5.41) is 18.2. The fraction of sp³-hybridized carbons (Fsp3) is 0.125. The summed E-state index contributed by atoms with van der Waals surface area (Å²) < 4.78 is 25.9. The molecule has 136 valence electrons. The van der Waals surface area contributed by atoms with Gasteiger partial charge in [0.05, 0.1) is 11.5 Å². The molecule has 2 aromatic carbocycles. The normalized spacial score (nSPS) is 10.1. The lowest BCUT2D eigenvalue weighted by Crippen LogP contribution is -2.32. The Labute approximate surface area is 146 Å². The molecule has 0 fully saturated rings. The Kier molecular flexibility index (Phi) is 5.78. The quantitative estimate of drug-likeness (QED) is 0.538. The van der Waals surface area contributed by atoms with E-state index in [-0.39, 0.29) is 22.6 Å². The van der Waals surface area contributed by atoms with Crippen LogP contribution in [0.15, 0.2) is 36.4 Å². The molecule has 2 amide bonds. The van der Waals surface area contributed by atoms with E-state index < -0.39 is 34.9 Å². The molecule has 0 aliphatic carbocycles. The van der Waals surface area contributed by atoms with E-state index in [9.17, 15) is 28.5 Å². The number of nitrogens with zero attached hydrogens (tertiary/aromatic N) is 1. The highest BCUT2D eigenvalue weighted by Crippen LogP contribution is 2.24. The topological polar surface area (TPSA) is 113 Å². The average molecular weight is 364 g/mol. The summed E-state index contributed by atoms with van der Waals surface area (Å²) in [6.07, 6.45) is 0. The van der Waals surface area contributed by atoms with Gasteiger partial charge in [0.15, 0.2) is 11.6 Å². The second kappa shape index (κ2) is 8.01. The van der Waals surface area contributed by atoms with Gasteiger partial charge in [-0.2, -0.15) is 0 Å². The molecule has 0 aromatic heterocycles. The van der Waals surface area contributed by atoms with Gasteiger partial charge in [0.2, 0.25) is 5.91 Å². The second-order valence-electron chi connectivity index (χ2n) is 5.10. The van der Waals surface area contributed by atoms with E-state index in [1.807, 2.05) is 0 Å². The summed E-state index contributed by atoms with van der Waals surface area (Å²) in [7, 11) is 1.50. The third-order valence-electron chi connectivity index (χ3n) is 3.34. The van der Waals surface area contributed by atoms with Crippen LogP contribution in [0.1, 0.15) is 10.4 Å². The van der Waals surface area contributed by atoms with E-state index >= 15 is 0 Å². The Hall–Kier alpha value is -3.56. The van der Waals surface area contributed by atoms with Crippen LogP contribution in [0.5, 0.6) is 0 Å². The first-order chi connectivity index (χ1) is 12.3. The maximum absolute atomic E-state index is 13.1.